The number of rotatable bonds is 6. The molecule has 0 atom stereocenters. The van der Waals surface area contributed by atoms with Gasteiger partial charge in [-0.15, -0.1) is 11.3 Å². The minimum Gasteiger partial charge on any atom is -0.497 e. The number of anilines is 1. The van der Waals surface area contributed by atoms with Crippen molar-refractivity contribution in [3.05, 3.63) is 76.3 Å². The van der Waals surface area contributed by atoms with Gasteiger partial charge in [0.05, 0.1) is 7.11 Å². The lowest BCUT2D eigenvalue weighted by Gasteiger charge is -2.05. The number of hydrogen-bond acceptors (Lipinski definition) is 5. The molecule has 27 heavy (non-hydrogen) atoms. The van der Waals surface area contributed by atoms with Crippen molar-refractivity contribution in [1.29, 1.82) is 0 Å². The van der Waals surface area contributed by atoms with Gasteiger partial charge < -0.3 is 10.1 Å². The number of nitrogens with one attached hydrogen (secondary N) is 2. The summed E-state index contributed by atoms with van der Waals surface area (Å²) in [4.78, 5) is 28.8. The Hall–Kier alpha value is -3.19. The molecule has 138 valence electrons. The van der Waals surface area contributed by atoms with Gasteiger partial charge in [0, 0.05) is 17.5 Å². The topological polar surface area (TPSA) is 80.3 Å². The molecule has 0 unspecified atom stereocenters. The van der Waals surface area contributed by atoms with Crippen LogP contribution in [0.25, 0.3) is 0 Å². The highest BCUT2D eigenvalue weighted by Gasteiger charge is 2.14. The fourth-order valence-electron chi connectivity index (χ4n) is 2.44. The Bertz CT molecular complexity index is 951. The van der Waals surface area contributed by atoms with Crippen LogP contribution in [0.5, 0.6) is 5.75 Å². The molecule has 0 saturated heterocycles. The third kappa shape index (κ3) is 4.71. The van der Waals surface area contributed by atoms with Crippen LogP contribution < -0.4 is 15.4 Å². The van der Waals surface area contributed by atoms with Crippen molar-refractivity contribution in [1.82, 2.24) is 10.3 Å². The fourth-order valence-corrected chi connectivity index (χ4v) is 3.13. The van der Waals surface area contributed by atoms with Crippen LogP contribution in [0.4, 0.5) is 5.13 Å². The molecular formula is C20H19N3O3S. The number of aromatic nitrogens is 1. The van der Waals surface area contributed by atoms with E-state index in [1.165, 1.54) is 11.3 Å². The molecule has 0 radical (unpaired) electrons. The summed E-state index contributed by atoms with van der Waals surface area (Å²) >= 11 is 1.21. The predicted octanol–water partition coefficient (Wildman–Crippen LogP) is 3.64. The van der Waals surface area contributed by atoms with Crippen molar-refractivity contribution in [3.8, 4) is 5.75 Å². The molecule has 2 amide bonds. The van der Waals surface area contributed by atoms with Gasteiger partial charge in [0.1, 0.15) is 11.4 Å². The first-order valence-electron chi connectivity index (χ1n) is 8.30. The van der Waals surface area contributed by atoms with E-state index in [0.717, 1.165) is 16.9 Å². The summed E-state index contributed by atoms with van der Waals surface area (Å²) in [6.07, 6.45) is 0. The Kier molecular flexibility index (Phi) is 5.83. The molecule has 0 aliphatic heterocycles. The van der Waals surface area contributed by atoms with Gasteiger partial charge in [0.2, 0.25) is 0 Å². The van der Waals surface area contributed by atoms with E-state index >= 15 is 0 Å². The van der Waals surface area contributed by atoms with Crippen molar-refractivity contribution in [2.45, 2.75) is 13.5 Å². The van der Waals surface area contributed by atoms with Crippen LogP contribution in [0.2, 0.25) is 0 Å². The Morgan fingerprint density at radius 1 is 1.07 bits per heavy atom. The van der Waals surface area contributed by atoms with Crippen molar-refractivity contribution < 1.29 is 14.3 Å². The van der Waals surface area contributed by atoms with Gasteiger partial charge in [-0.2, -0.15) is 0 Å². The largest absolute Gasteiger partial charge is 0.497 e. The number of ether oxygens (including phenoxy) is 1. The number of benzene rings is 2. The molecule has 7 heteroatoms. The van der Waals surface area contributed by atoms with E-state index < -0.39 is 0 Å². The van der Waals surface area contributed by atoms with E-state index in [1.807, 2.05) is 49.4 Å². The first-order valence-corrected chi connectivity index (χ1v) is 9.18. The molecule has 0 saturated carbocycles. The number of thiazole rings is 1. The maximum absolute atomic E-state index is 12.3. The maximum Gasteiger partial charge on any atom is 0.271 e. The van der Waals surface area contributed by atoms with Crippen LogP contribution in [-0.2, 0) is 6.54 Å². The van der Waals surface area contributed by atoms with Crippen LogP contribution >= 0.6 is 11.3 Å². The molecule has 0 spiro atoms. The molecule has 1 aromatic heterocycles. The molecule has 3 rings (SSSR count). The van der Waals surface area contributed by atoms with Gasteiger partial charge in [-0.1, -0.05) is 30.3 Å². The zero-order chi connectivity index (χ0) is 19.2. The quantitative estimate of drug-likeness (QED) is 0.683. The number of aryl methyl sites for hydroxylation is 1. The zero-order valence-electron chi connectivity index (χ0n) is 15.0. The van der Waals surface area contributed by atoms with Gasteiger partial charge in [0.15, 0.2) is 5.13 Å². The lowest BCUT2D eigenvalue weighted by Crippen LogP contribution is -2.23. The average molecular weight is 381 g/mol. The lowest BCUT2D eigenvalue weighted by molar-refractivity contribution is 0.0945. The number of methoxy groups -OCH3 is 1. The minimum atomic E-state index is -0.293. The summed E-state index contributed by atoms with van der Waals surface area (Å²) in [5, 5.41) is 7.56. The highest BCUT2D eigenvalue weighted by Crippen LogP contribution is 2.18. The highest BCUT2D eigenvalue weighted by molar-refractivity contribution is 7.14. The third-order valence-electron chi connectivity index (χ3n) is 3.96. The molecule has 6 nitrogen and oxygen atoms in total. The Morgan fingerprint density at radius 3 is 2.52 bits per heavy atom. The molecule has 2 aromatic carbocycles. The van der Waals surface area contributed by atoms with Crippen LogP contribution in [0.1, 0.15) is 32.0 Å². The monoisotopic (exact) mass is 381 g/mol. The number of hydrogen-bond donors (Lipinski definition) is 2. The van der Waals surface area contributed by atoms with Crippen molar-refractivity contribution >= 4 is 28.3 Å². The molecule has 0 fully saturated rings. The Morgan fingerprint density at radius 2 is 1.81 bits per heavy atom. The van der Waals surface area contributed by atoms with E-state index in [0.29, 0.717) is 17.2 Å². The summed E-state index contributed by atoms with van der Waals surface area (Å²) in [7, 11) is 1.61. The normalized spacial score (nSPS) is 10.3. The second kappa shape index (κ2) is 8.46. The summed E-state index contributed by atoms with van der Waals surface area (Å²) in [6, 6.07) is 14.7. The highest BCUT2D eigenvalue weighted by atomic mass is 32.1. The van der Waals surface area contributed by atoms with Crippen LogP contribution in [-0.4, -0.2) is 23.9 Å². The van der Waals surface area contributed by atoms with Crippen LogP contribution in [0.3, 0.4) is 0 Å². The molecule has 3 aromatic rings. The van der Waals surface area contributed by atoms with E-state index in [4.69, 9.17) is 4.74 Å². The zero-order valence-corrected chi connectivity index (χ0v) is 15.8. The van der Waals surface area contributed by atoms with E-state index in [-0.39, 0.29) is 17.5 Å². The predicted molar refractivity (Wildman–Crippen MR) is 105 cm³/mol. The summed E-state index contributed by atoms with van der Waals surface area (Å²) < 4.78 is 5.11. The van der Waals surface area contributed by atoms with Gasteiger partial charge in [-0.05, 0) is 36.2 Å². The van der Waals surface area contributed by atoms with Gasteiger partial charge in [-0.25, -0.2) is 4.98 Å². The molecule has 0 aliphatic rings. The lowest BCUT2D eigenvalue weighted by atomic mass is 10.1. The van der Waals surface area contributed by atoms with Gasteiger partial charge in [0.25, 0.3) is 11.8 Å². The molecular weight excluding hydrogens is 362 g/mol. The summed E-state index contributed by atoms with van der Waals surface area (Å²) in [5.74, 6) is 0.227. The Balaban J connectivity index is 1.58. The molecule has 0 bridgehead atoms. The Labute approximate surface area is 161 Å². The smallest absolute Gasteiger partial charge is 0.271 e. The number of nitrogens with zero attached hydrogens (tertiary/aromatic N) is 1. The van der Waals surface area contributed by atoms with Crippen LogP contribution in [0.15, 0.2) is 53.9 Å². The number of carbonyl (C=O) groups is 2. The van der Waals surface area contributed by atoms with E-state index in [1.54, 1.807) is 18.6 Å². The molecule has 1 heterocycles. The average Bonchev–Trinajstić information content (AvgIpc) is 3.15. The first-order chi connectivity index (χ1) is 13.1. The van der Waals surface area contributed by atoms with Crippen molar-refractivity contribution in [2.75, 3.05) is 12.4 Å². The minimum absolute atomic E-state index is 0.243. The second-order valence-electron chi connectivity index (χ2n) is 5.84. The van der Waals surface area contributed by atoms with E-state index in [9.17, 15) is 9.59 Å². The van der Waals surface area contributed by atoms with Crippen molar-refractivity contribution in [2.24, 2.45) is 0 Å². The van der Waals surface area contributed by atoms with Crippen molar-refractivity contribution in [3.63, 3.8) is 0 Å². The second-order valence-corrected chi connectivity index (χ2v) is 6.70. The molecule has 0 aliphatic carbocycles. The van der Waals surface area contributed by atoms with Gasteiger partial charge in [-0.3, -0.25) is 14.9 Å². The summed E-state index contributed by atoms with van der Waals surface area (Å²) in [5.41, 5.74) is 2.68. The van der Waals surface area contributed by atoms with Gasteiger partial charge >= 0.3 is 0 Å². The van der Waals surface area contributed by atoms with E-state index in [2.05, 4.69) is 15.6 Å². The number of carbonyl (C=O) groups excluding carboxylic acids is 2. The first kappa shape index (κ1) is 18.6. The maximum atomic E-state index is 12.3. The number of amides is 2. The fraction of sp³-hybridized carbons (Fsp3) is 0.150. The summed E-state index contributed by atoms with van der Waals surface area (Å²) in [6.45, 7) is 2.25. The van der Waals surface area contributed by atoms with Crippen LogP contribution in [0, 0.1) is 6.92 Å². The molecule has 2 N–H and O–H groups in total. The SMILES string of the molecule is COc1ccc(CNC(=O)c2csc(NC(=O)c3ccccc3C)n2)cc1. The third-order valence-corrected chi connectivity index (χ3v) is 4.72. The standard InChI is InChI=1S/C20H19N3O3S/c1-13-5-3-4-6-16(13)18(24)23-20-22-17(12-27-20)19(25)21-11-14-7-9-15(26-2)10-8-14/h3-10,12H,11H2,1-2H3,(H,21,25)(H,22,23,24).